The minimum atomic E-state index is -4.89. The van der Waals surface area contributed by atoms with Crippen LogP contribution in [0.4, 0.5) is 9.59 Å². The van der Waals surface area contributed by atoms with Crippen LogP contribution in [-0.4, -0.2) is 88.6 Å². The van der Waals surface area contributed by atoms with Gasteiger partial charge in [-0.1, -0.05) is 0 Å². The summed E-state index contributed by atoms with van der Waals surface area (Å²) in [6.45, 7) is 5.77. The van der Waals surface area contributed by atoms with Gasteiger partial charge < -0.3 is 14.5 Å². The molecule has 33 heavy (non-hydrogen) atoms. The number of hydrogen-bond acceptors (Lipinski definition) is 8. The molecule has 3 atom stereocenters. The van der Waals surface area contributed by atoms with E-state index in [1.165, 1.54) is 4.90 Å². The molecule has 186 valence electrons. The third-order valence-corrected chi connectivity index (χ3v) is 5.90. The number of nitrogens with one attached hydrogen (secondary N) is 2. The molecule has 3 rings (SSSR count). The summed E-state index contributed by atoms with van der Waals surface area (Å²) in [6, 6.07) is -2.81. The minimum absolute atomic E-state index is 0.0350. The summed E-state index contributed by atoms with van der Waals surface area (Å²) >= 11 is 0. The first-order valence-electron chi connectivity index (χ1n) is 10.6. The molecule has 14 nitrogen and oxygen atoms in total. The van der Waals surface area contributed by atoms with Crippen LogP contribution in [0, 0.1) is 0 Å². The van der Waals surface area contributed by atoms with Gasteiger partial charge >= 0.3 is 22.5 Å². The van der Waals surface area contributed by atoms with Crippen LogP contribution in [0.2, 0.25) is 0 Å². The van der Waals surface area contributed by atoms with Crippen molar-refractivity contribution in [3.8, 4) is 0 Å². The number of piperidine rings is 1. The predicted octanol–water partition coefficient (Wildman–Crippen LogP) is -0.0736. The summed E-state index contributed by atoms with van der Waals surface area (Å²) in [6.07, 6.45) is 1.28. The maximum Gasteiger partial charge on any atom is 0.418 e. The maximum absolute atomic E-state index is 12.6. The van der Waals surface area contributed by atoms with E-state index < -0.39 is 52.0 Å². The Hall–Kier alpha value is -2.65. The number of amides is 5. The number of hydrogen-bond donors (Lipinski definition) is 3. The molecule has 3 aliphatic rings. The molecule has 3 fully saturated rings. The summed E-state index contributed by atoms with van der Waals surface area (Å²) in [7, 11) is -4.89. The van der Waals surface area contributed by atoms with Gasteiger partial charge in [0.15, 0.2) is 0 Å². The molecule has 0 aromatic carbocycles. The molecule has 0 aromatic rings. The number of fused-ring (bicyclic) bond motifs is 2. The molecule has 5 amide bonds. The van der Waals surface area contributed by atoms with Crippen molar-refractivity contribution in [3.63, 3.8) is 0 Å². The fraction of sp³-hybridized carbons (Fsp3) is 0.778. The predicted molar refractivity (Wildman–Crippen MR) is 110 cm³/mol. The first-order valence-corrected chi connectivity index (χ1v) is 12.0. The number of rotatable bonds is 5. The number of urea groups is 1. The fourth-order valence-electron chi connectivity index (χ4n) is 4.19. The number of likely N-dealkylation sites (tertiary alicyclic amines) is 1. The molecule has 2 bridgehead atoms. The topological polar surface area (TPSA) is 175 Å². The molecule has 3 N–H and O–H groups in total. The Kier molecular flexibility index (Phi) is 7.04. The molecular weight excluding hydrogens is 462 g/mol. The first kappa shape index (κ1) is 25.0. The van der Waals surface area contributed by atoms with Crippen LogP contribution in [-0.2, 0) is 29.0 Å². The standard InChI is InChI=1S/C18H29N5O9S/c1-18(2,3)31-17(27)21-8-4-5-11(21)9-14(24)19-20-15(25)13-7-6-12-10-22(13)16(26)23(12)32-33(28,29)30/h11-13H,4-10H2,1-3H3,(H,19,24)(H,20,25)(H,28,29,30)/t11-,12?,13?/m0/s1. The van der Waals surface area contributed by atoms with E-state index in [9.17, 15) is 27.6 Å². The normalized spacial score (nSPS) is 25.3. The summed E-state index contributed by atoms with van der Waals surface area (Å²) < 4.78 is 40.4. The Labute approximate surface area is 191 Å². The molecule has 2 unspecified atom stereocenters. The molecule has 3 heterocycles. The quantitative estimate of drug-likeness (QED) is 0.351. The lowest BCUT2D eigenvalue weighted by atomic mass is 10.0. The molecule has 0 aromatic heterocycles. The Balaban J connectivity index is 1.50. The number of nitrogens with zero attached hydrogens (tertiary/aromatic N) is 3. The fourth-order valence-corrected chi connectivity index (χ4v) is 4.58. The second-order valence-electron chi connectivity index (χ2n) is 9.22. The Morgan fingerprint density at radius 2 is 1.85 bits per heavy atom. The Morgan fingerprint density at radius 1 is 1.15 bits per heavy atom. The van der Waals surface area contributed by atoms with Crippen molar-refractivity contribution in [2.24, 2.45) is 0 Å². The van der Waals surface area contributed by atoms with E-state index in [-0.39, 0.29) is 31.8 Å². The lowest BCUT2D eigenvalue weighted by Gasteiger charge is -2.29. The van der Waals surface area contributed by atoms with Gasteiger partial charge in [-0.05, 0) is 46.5 Å². The van der Waals surface area contributed by atoms with Gasteiger partial charge in [0, 0.05) is 25.6 Å². The SMILES string of the molecule is CC(C)(C)OC(=O)N1CCC[C@H]1CC(=O)NNC(=O)C1CCC2CN1C(=O)N2OS(=O)(=O)O. The summed E-state index contributed by atoms with van der Waals surface area (Å²) in [4.78, 5) is 52.3. The second kappa shape index (κ2) is 9.30. The smallest absolute Gasteiger partial charge is 0.418 e. The Bertz CT molecular complexity index is 919. The van der Waals surface area contributed by atoms with Crippen LogP contribution in [0.5, 0.6) is 0 Å². The first-order chi connectivity index (χ1) is 15.2. The van der Waals surface area contributed by atoms with Gasteiger partial charge in [0.1, 0.15) is 11.6 Å². The molecule has 0 spiro atoms. The summed E-state index contributed by atoms with van der Waals surface area (Å²) in [5, 5.41) is 0.534. The number of ether oxygens (including phenoxy) is 1. The van der Waals surface area contributed by atoms with Crippen LogP contribution < -0.4 is 10.9 Å². The largest absolute Gasteiger partial charge is 0.444 e. The lowest BCUT2D eigenvalue weighted by Crippen LogP contribution is -2.54. The average molecular weight is 492 g/mol. The third kappa shape index (κ3) is 6.23. The zero-order chi connectivity index (χ0) is 24.6. The highest BCUT2D eigenvalue weighted by molar-refractivity contribution is 7.80. The van der Waals surface area contributed by atoms with Crippen LogP contribution in [0.25, 0.3) is 0 Å². The summed E-state index contributed by atoms with van der Waals surface area (Å²) in [5.41, 5.74) is 3.92. The van der Waals surface area contributed by atoms with Crippen molar-refractivity contribution >= 4 is 34.3 Å². The Morgan fingerprint density at radius 3 is 2.48 bits per heavy atom. The van der Waals surface area contributed by atoms with Crippen molar-refractivity contribution in [3.05, 3.63) is 0 Å². The van der Waals surface area contributed by atoms with Crippen molar-refractivity contribution < 1.29 is 41.2 Å². The van der Waals surface area contributed by atoms with E-state index >= 15 is 0 Å². The molecular formula is C18H29N5O9S. The third-order valence-electron chi connectivity index (χ3n) is 5.55. The van der Waals surface area contributed by atoms with Crippen molar-refractivity contribution in [1.82, 2.24) is 25.7 Å². The minimum Gasteiger partial charge on any atom is -0.444 e. The van der Waals surface area contributed by atoms with Gasteiger partial charge in [-0.15, -0.1) is 4.28 Å². The van der Waals surface area contributed by atoms with E-state index in [1.807, 2.05) is 0 Å². The van der Waals surface area contributed by atoms with Crippen molar-refractivity contribution in [2.75, 3.05) is 13.1 Å². The molecule has 3 saturated heterocycles. The van der Waals surface area contributed by atoms with Crippen LogP contribution in [0.3, 0.4) is 0 Å². The zero-order valence-electron chi connectivity index (χ0n) is 18.6. The number of carbonyl (C=O) groups excluding carboxylic acids is 4. The van der Waals surface area contributed by atoms with Crippen LogP contribution >= 0.6 is 0 Å². The molecule has 0 saturated carbocycles. The van der Waals surface area contributed by atoms with Crippen LogP contribution in [0.15, 0.2) is 0 Å². The van der Waals surface area contributed by atoms with Gasteiger partial charge in [0.05, 0.1) is 6.04 Å². The highest BCUT2D eigenvalue weighted by atomic mass is 32.3. The number of carbonyl (C=O) groups is 4. The monoisotopic (exact) mass is 491 g/mol. The highest BCUT2D eigenvalue weighted by Crippen LogP contribution is 2.30. The average Bonchev–Trinajstić information content (AvgIpc) is 3.23. The van der Waals surface area contributed by atoms with Gasteiger partial charge in [0.2, 0.25) is 5.91 Å². The maximum atomic E-state index is 12.6. The van der Waals surface area contributed by atoms with E-state index in [4.69, 9.17) is 9.29 Å². The number of hydrazine groups is 1. The van der Waals surface area contributed by atoms with Gasteiger partial charge in [-0.2, -0.15) is 13.5 Å². The molecule has 0 radical (unpaired) electrons. The van der Waals surface area contributed by atoms with Crippen molar-refractivity contribution in [1.29, 1.82) is 0 Å². The van der Waals surface area contributed by atoms with E-state index in [1.54, 1.807) is 20.8 Å². The van der Waals surface area contributed by atoms with Gasteiger partial charge in [0.25, 0.3) is 5.91 Å². The summed E-state index contributed by atoms with van der Waals surface area (Å²) in [5.74, 6) is -1.17. The zero-order valence-corrected chi connectivity index (χ0v) is 19.5. The van der Waals surface area contributed by atoms with E-state index in [2.05, 4.69) is 15.1 Å². The molecule has 0 aliphatic carbocycles. The second-order valence-corrected chi connectivity index (χ2v) is 10.2. The van der Waals surface area contributed by atoms with E-state index in [0.29, 0.717) is 18.0 Å². The highest BCUT2D eigenvalue weighted by Gasteiger charge is 2.49. The van der Waals surface area contributed by atoms with Gasteiger partial charge in [-0.25, -0.2) is 9.59 Å². The van der Waals surface area contributed by atoms with Gasteiger partial charge in [-0.3, -0.25) is 25.0 Å². The molecule has 3 aliphatic heterocycles. The van der Waals surface area contributed by atoms with Crippen molar-refractivity contribution in [2.45, 2.75) is 76.6 Å². The molecule has 15 heteroatoms. The number of hydroxylamine groups is 2. The van der Waals surface area contributed by atoms with E-state index in [0.717, 1.165) is 11.3 Å². The lowest BCUT2D eigenvalue weighted by molar-refractivity contribution is -0.132. The van der Waals surface area contributed by atoms with Crippen LogP contribution in [0.1, 0.15) is 52.9 Å².